The SMILES string of the molecule is C=C(C[C@H](NC(C)=O)C(=O)OCC)C(=C)C[C@H](NC(C)=O)C(=O)OCC. The Labute approximate surface area is 154 Å². The average molecular weight is 368 g/mol. The van der Waals surface area contributed by atoms with Crippen LogP contribution < -0.4 is 10.6 Å². The molecular formula is C18H28N2O6. The predicted octanol–water partition coefficient (Wildman–Crippen LogP) is 1.01. The third-order valence-electron chi connectivity index (χ3n) is 3.30. The Morgan fingerprint density at radius 1 is 0.769 bits per heavy atom. The van der Waals surface area contributed by atoms with Gasteiger partial charge in [-0.25, -0.2) is 9.59 Å². The number of nitrogens with one attached hydrogen (secondary N) is 2. The molecule has 0 radical (unpaired) electrons. The number of rotatable bonds is 11. The van der Waals surface area contributed by atoms with Crippen LogP contribution in [0, 0.1) is 0 Å². The molecule has 146 valence electrons. The molecule has 0 fully saturated rings. The molecule has 2 N–H and O–H groups in total. The van der Waals surface area contributed by atoms with Crippen LogP contribution in [0.4, 0.5) is 0 Å². The molecule has 0 aromatic carbocycles. The molecule has 8 heteroatoms. The Bertz CT molecular complexity index is 520. The van der Waals surface area contributed by atoms with Crippen molar-refractivity contribution in [2.45, 2.75) is 52.6 Å². The van der Waals surface area contributed by atoms with Gasteiger partial charge in [-0.3, -0.25) is 9.59 Å². The van der Waals surface area contributed by atoms with Crippen LogP contribution in [0.3, 0.4) is 0 Å². The normalized spacial score (nSPS) is 12.3. The van der Waals surface area contributed by atoms with Crippen molar-refractivity contribution in [2.75, 3.05) is 13.2 Å². The van der Waals surface area contributed by atoms with E-state index in [-0.39, 0.29) is 37.9 Å². The molecule has 0 rings (SSSR count). The van der Waals surface area contributed by atoms with Crippen molar-refractivity contribution >= 4 is 23.8 Å². The highest BCUT2D eigenvalue weighted by Gasteiger charge is 2.26. The summed E-state index contributed by atoms with van der Waals surface area (Å²) in [7, 11) is 0. The van der Waals surface area contributed by atoms with E-state index in [1.165, 1.54) is 13.8 Å². The van der Waals surface area contributed by atoms with E-state index in [0.29, 0.717) is 11.1 Å². The van der Waals surface area contributed by atoms with Crippen molar-refractivity contribution in [3.8, 4) is 0 Å². The van der Waals surface area contributed by atoms with E-state index in [4.69, 9.17) is 9.47 Å². The van der Waals surface area contributed by atoms with Crippen LogP contribution in [-0.2, 0) is 28.7 Å². The number of esters is 2. The van der Waals surface area contributed by atoms with Gasteiger partial charge in [-0.1, -0.05) is 13.2 Å². The smallest absolute Gasteiger partial charge is 0.328 e. The van der Waals surface area contributed by atoms with Gasteiger partial charge in [0, 0.05) is 26.7 Å². The first kappa shape index (κ1) is 23.4. The summed E-state index contributed by atoms with van der Waals surface area (Å²) in [6.07, 6.45) is 0.153. The summed E-state index contributed by atoms with van der Waals surface area (Å²) in [5.41, 5.74) is 0.910. The van der Waals surface area contributed by atoms with E-state index in [1.807, 2.05) is 0 Å². The highest BCUT2D eigenvalue weighted by molar-refractivity contribution is 5.84. The molecular weight excluding hydrogens is 340 g/mol. The first-order valence-electron chi connectivity index (χ1n) is 8.35. The maximum atomic E-state index is 12.0. The summed E-state index contributed by atoms with van der Waals surface area (Å²) in [4.78, 5) is 46.5. The lowest BCUT2D eigenvalue weighted by atomic mass is 9.95. The maximum absolute atomic E-state index is 12.0. The van der Waals surface area contributed by atoms with Gasteiger partial charge in [-0.15, -0.1) is 0 Å². The van der Waals surface area contributed by atoms with Gasteiger partial charge in [0.1, 0.15) is 12.1 Å². The number of carbonyl (C=O) groups is 4. The monoisotopic (exact) mass is 368 g/mol. The van der Waals surface area contributed by atoms with Crippen LogP contribution >= 0.6 is 0 Å². The van der Waals surface area contributed by atoms with E-state index in [9.17, 15) is 19.2 Å². The van der Waals surface area contributed by atoms with Gasteiger partial charge in [-0.2, -0.15) is 0 Å². The summed E-state index contributed by atoms with van der Waals surface area (Å²) in [6.45, 7) is 14.0. The quantitative estimate of drug-likeness (QED) is 0.416. The zero-order valence-corrected chi connectivity index (χ0v) is 15.8. The molecule has 0 aromatic heterocycles. The molecule has 0 saturated carbocycles. The second kappa shape index (κ2) is 11.8. The van der Waals surface area contributed by atoms with Gasteiger partial charge in [0.2, 0.25) is 11.8 Å². The molecule has 26 heavy (non-hydrogen) atoms. The summed E-state index contributed by atoms with van der Waals surface area (Å²) >= 11 is 0. The van der Waals surface area contributed by atoms with Crippen LogP contribution in [0.25, 0.3) is 0 Å². The first-order valence-corrected chi connectivity index (χ1v) is 8.35. The largest absolute Gasteiger partial charge is 0.464 e. The van der Waals surface area contributed by atoms with Gasteiger partial charge in [0.25, 0.3) is 0 Å². The molecule has 2 amide bonds. The molecule has 2 atom stereocenters. The highest BCUT2D eigenvalue weighted by Crippen LogP contribution is 2.19. The minimum atomic E-state index is -0.904. The highest BCUT2D eigenvalue weighted by atomic mass is 16.5. The van der Waals surface area contributed by atoms with E-state index in [2.05, 4.69) is 23.8 Å². The first-order chi connectivity index (χ1) is 12.1. The topological polar surface area (TPSA) is 111 Å². The number of hydrogen-bond acceptors (Lipinski definition) is 6. The van der Waals surface area contributed by atoms with Crippen LogP contribution in [0.1, 0.15) is 40.5 Å². The molecule has 0 saturated heterocycles. The van der Waals surface area contributed by atoms with Crippen molar-refractivity contribution < 1.29 is 28.7 Å². The van der Waals surface area contributed by atoms with Gasteiger partial charge < -0.3 is 20.1 Å². The maximum Gasteiger partial charge on any atom is 0.328 e. The van der Waals surface area contributed by atoms with Gasteiger partial charge in [0.05, 0.1) is 13.2 Å². The van der Waals surface area contributed by atoms with Crippen LogP contribution in [0.5, 0.6) is 0 Å². The Morgan fingerprint density at radius 3 is 1.31 bits per heavy atom. The predicted molar refractivity (Wildman–Crippen MR) is 96.0 cm³/mol. The van der Waals surface area contributed by atoms with E-state index < -0.39 is 24.0 Å². The molecule has 0 unspecified atom stereocenters. The minimum absolute atomic E-state index is 0.0763. The van der Waals surface area contributed by atoms with E-state index >= 15 is 0 Å². The Morgan fingerprint density at radius 2 is 1.08 bits per heavy atom. The second-order valence-electron chi connectivity index (χ2n) is 5.63. The number of carbonyl (C=O) groups excluding carboxylic acids is 4. The van der Waals surface area contributed by atoms with Crippen LogP contribution in [0.15, 0.2) is 24.3 Å². The van der Waals surface area contributed by atoms with Crippen LogP contribution in [0.2, 0.25) is 0 Å². The molecule has 0 spiro atoms. The Balaban J connectivity index is 5.04. The molecule has 0 heterocycles. The van der Waals surface area contributed by atoms with Crippen molar-refractivity contribution in [1.29, 1.82) is 0 Å². The fraction of sp³-hybridized carbons (Fsp3) is 0.556. The number of hydrogen-bond donors (Lipinski definition) is 2. The summed E-state index contributed by atoms with van der Waals surface area (Å²) in [6, 6.07) is -1.81. The Kier molecular flexibility index (Phi) is 10.6. The third-order valence-corrected chi connectivity index (χ3v) is 3.30. The lowest BCUT2D eigenvalue weighted by Crippen LogP contribution is -2.42. The van der Waals surface area contributed by atoms with Crippen molar-refractivity contribution in [1.82, 2.24) is 10.6 Å². The van der Waals surface area contributed by atoms with Gasteiger partial charge >= 0.3 is 11.9 Å². The third kappa shape index (κ3) is 9.00. The standard InChI is InChI=1S/C18H28N2O6/c1-7-25-17(23)15(19-13(5)21)9-11(3)12(4)10-16(20-14(6)22)18(24)26-8-2/h15-16H,3-4,7-10H2,1-2,5-6H3,(H,19,21)(H,20,22)/t15-,16-/m0/s1. The van der Waals surface area contributed by atoms with E-state index in [0.717, 1.165) is 0 Å². The summed E-state index contributed by atoms with van der Waals surface area (Å²) in [5, 5.41) is 5.00. The molecule has 0 aliphatic rings. The zero-order valence-electron chi connectivity index (χ0n) is 15.8. The average Bonchev–Trinajstić information content (AvgIpc) is 2.52. The Hall–Kier alpha value is -2.64. The molecule has 0 bridgehead atoms. The van der Waals surface area contributed by atoms with Gasteiger partial charge in [-0.05, 0) is 25.0 Å². The molecule has 0 aromatic rings. The van der Waals surface area contributed by atoms with Crippen molar-refractivity contribution in [3.05, 3.63) is 24.3 Å². The van der Waals surface area contributed by atoms with Crippen LogP contribution in [-0.4, -0.2) is 49.1 Å². The van der Waals surface area contributed by atoms with E-state index in [1.54, 1.807) is 13.8 Å². The lowest BCUT2D eigenvalue weighted by Gasteiger charge is -2.21. The van der Waals surface area contributed by atoms with Crippen molar-refractivity contribution in [3.63, 3.8) is 0 Å². The fourth-order valence-electron chi connectivity index (χ4n) is 2.14. The summed E-state index contributed by atoms with van der Waals surface area (Å²) in [5.74, 6) is -1.94. The summed E-state index contributed by atoms with van der Waals surface area (Å²) < 4.78 is 9.87. The second-order valence-corrected chi connectivity index (χ2v) is 5.63. The number of amides is 2. The lowest BCUT2D eigenvalue weighted by molar-refractivity contribution is -0.147. The molecule has 0 aliphatic carbocycles. The minimum Gasteiger partial charge on any atom is -0.464 e. The number of ether oxygens (including phenoxy) is 2. The molecule has 8 nitrogen and oxygen atoms in total. The zero-order chi connectivity index (χ0) is 20.3. The van der Waals surface area contributed by atoms with Crippen molar-refractivity contribution in [2.24, 2.45) is 0 Å². The van der Waals surface area contributed by atoms with Gasteiger partial charge in [0.15, 0.2) is 0 Å². The fourth-order valence-corrected chi connectivity index (χ4v) is 2.14. The molecule has 0 aliphatic heterocycles.